The molecule has 1 aliphatic rings. The Morgan fingerprint density at radius 3 is 2.92 bits per heavy atom. The van der Waals surface area contributed by atoms with Gasteiger partial charge in [0.1, 0.15) is 6.33 Å². The van der Waals surface area contributed by atoms with Gasteiger partial charge in [-0.2, -0.15) is 0 Å². The first-order valence-electron chi connectivity index (χ1n) is 4.53. The van der Waals surface area contributed by atoms with E-state index in [-0.39, 0.29) is 0 Å². The summed E-state index contributed by atoms with van der Waals surface area (Å²) in [4.78, 5) is 0. The largest absolute Gasteiger partial charge is 0.391 e. The SMILES string of the molecule is C[C@@H](O)[C@H](N)c1nncn1C1CC1. The van der Waals surface area contributed by atoms with Gasteiger partial charge in [0.15, 0.2) is 5.82 Å². The molecule has 5 heteroatoms. The van der Waals surface area contributed by atoms with Gasteiger partial charge < -0.3 is 15.4 Å². The highest BCUT2D eigenvalue weighted by Gasteiger charge is 2.29. The minimum Gasteiger partial charge on any atom is -0.391 e. The topological polar surface area (TPSA) is 77.0 Å². The minimum atomic E-state index is -0.582. The molecule has 1 saturated carbocycles. The maximum atomic E-state index is 9.31. The van der Waals surface area contributed by atoms with Crippen molar-refractivity contribution >= 4 is 0 Å². The van der Waals surface area contributed by atoms with E-state index in [1.165, 1.54) is 0 Å². The zero-order valence-corrected chi connectivity index (χ0v) is 7.59. The van der Waals surface area contributed by atoms with Crippen molar-refractivity contribution in [2.45, 2.75) is 38.0 Å². The van der Waals surface area contributed by atoms with E-state index in [0.717, 1.165) is 12.8 Å². The number of hydrogen-bond donors (Lipinski definition) is 2. The summed E-state index contributed by atoms with van der Waals surface area (Å²) in [7, 11) is 0. The van der Waals surface area contributed by atoms with E-state index in [0.29, 0.717) is 11.9 Å². The van der Waals surface area contributed by atoms with Gasteiger partial charge in [-0.3, -0.25) is 0 Å². The molecular formula is C8H14N4O. The highest BCUT2D eigenvalue weighted by atomic mass is 16.3. The molecule has 0 saturated heterocycles. The van der Waals surface area contributed by atoms with Crippen LogP contribution in [0.1, 0.15) is 37.7 Å². The highest BCUT2D eigenvalue weighted by Crippen LogP contribution is 2.36. The molecule has 1 aromatic rings. The van der Waals surface area contributed by atoms with Crippen LogP contribution in [0, 0.1) is 0 Å². The lowest BCUT2D eigenvalue weighted by molar-refractivity contribution is 0.158. The number of aliphatic hydroxyl groups is 1. The molecular weight excluding hydrogens is 168 g/mol. The Labute approximate surface area is 76.6 Å². The Balaban J connectivity index is 2.22. The molecule has 2 rings (SSSR count). The minimum absolute atomic E-state index is 0.428. The van der Waals surface area contributed by atoms with Crippen molar-refractivity contribution in [3.8, 4) is 0 Å². The van der Waals surface area contributed by atoms with Crippen LogP contribution in [0.25, 0.3) is 0 Å². The van der Waals surface area contributed by atoms with Gasteiger partial charge in [-0.1, -0.05) is 0 Å². The van der Waals surface area contributed by atoms with E-state index < -0.39 is 12.1 Å². The molecule has 0 amide bonds. The number of aromatic nitrogens is 3. The molecule has 0 radical (unpaired) electrons. The lowest BCUT2D eigenvalue weighted by Crippen LogP contribution is -2.26. The lowest BCUT2D eigenvalue weighted by atomic mass is 10.2. The normalized spacial score (nSPS) is 21.5. The Kier molecular flexibility index (Phi) is 2.05. The molecule has 0 spiro atoms. The monoisotopic (exact) mass is 182 g/mol. The Bertz CT molecular complexity index is 292. The van der Waals surface area contributed by atoms with E-state index in [2.05, 4.69) is 10.2 Å². The molecule has 1 heterocycles. The van der Waals surface area contributed by atoms with Crippen molar-refractivity contribution in [3.05, 3.63) is 12.2 Å². The second kappa shape index (κ2) is 3.08. The van der Waals surface area contributed by atoms with Gasteiger partial charge in [0.25, 0.3) is 0 Å². The molecule has 1 aromatic heterocycles. The van der Waals surface area contributed by atoms with Gasteiger partial charge in [-0.05, 0) is 19.8 Å². The Hall–Kier alpha value is -0.940. The summed E-state index contributed by atoms with van der Waals surface area (Å²) in [6.45, 7) is 1.66. The molecule has 1 fully saturated rings. The van der Waals surface area contributed by atoms with Crippen LogP contribution < -0.4 is 5.73 Å². The summed E-state index contributed by atoms with van der Waals surface area (Å²) < 4.78 is 1.97. The van der Waals surface area contributed by atoms with Gasteiger partial charge in [-0.15, -0.1) is 10.2 Å². The molecule has 2 atom stereocenters. The van der Waals surface area contributed by atoms with E-state index in [9.17, 15) is 5.11 Å². The molecule has 1 aliphatic carbocycles. The second-order valence-electron chi connectivity index (χ2n) is 3.59. The Morgan fingerprint density at radius 1 is 1.69 bits per heavy atom. The summed E-state index contributed by atoms with van der Waals surface area (Å²) in [5.74, 6) is 0.692. The lowest BCUT2D eigenvalue weighted by Gasteiger charge is -2.14. The van der Waals surface area contributed by atoms with Gasteiger partial charge in [0, 0.05) is 6.04 Å². The number of nitrogens with zero attached hydrogens (tertiary/aromatic N) is 3. The predicted octanol–water partition coefficient (Wildman–Crippen LogP) is -0.00640. The van der Waals surface area contributed by atoms with Crippen LogP contribution in [0.15, 0.2) is 6.33 Å². The highest BCUT2D eigenvalue weighted by molar-refractivity contribution is 5.01. The van der Waals surface area contributed by atoms with Crippen LogP contribution in [0.5, 0.6) is 0 Å². The summed E-state index contributed by atoms with van der Waals surface area (Å²) in [6.07, 6.45) is 3.44. The van der Waals surface area contributed by atoms with Crippen LogP contribution >= 0.6 is 0 Å². The van der Waals surface area contributed by atoms with Crippen molar-refractivity contribution in [2.24, 2.45) is 5.73 Å². The van der Waals surface area contributed by atoms with Crippen LogP contribution in [-0.2, 0) is 0 Å². The number of hydrogen-bond acceptors (Lipinski definition) is 4. The van der Waals surface area contributed by atoms with Gasteiger partial charge >= 0.3 is 0 Å². The molecule has 3 N–H and O–H groups in total. The molecule has 72 valence electrons. The van der Waals surface area contributed by atoms with Crippen molar-refractivity contribution < 1.29 is 5.11 Å². The third kappa shape index (κ3) is 1.57. The molecule has 0 unspecified atom stereocenters. The molecule has 0 aromatic carbocycles. The van der Waals surface area contributed by atoms with Crippen molar-refractivity contribution in [1.82, 2.24) is 14.8 Å². The maximum Gasteiger partial charge on any atom is 0.152 e. The average Bonchev–Trinajstić information content (AvgIpc) is 2.83. The number of nitrogens with two attached hydrogens (primary N) is 1. The summed E-state index contributed by atoms with van der Waals surface area (Å²) >= 11 is 0. The predicted molar refractivity (Wildman–Crippen MR) is 46.9 cm³/mol. The van der Waals surface area contributed by atoms with Gasteiger partial charge in [-0.25, -0.2) is 0 Å². The van der Waals surface area contributed by atoms with E-state index in [1.54, 1.807) is 13.3 Å². The fourth-order valence-electron chi connectivity index (χ4n) is 1.34. The summed E-state index contributed by atoms with van der Waals surface area (Å²) in [5.41, 5.74) is 5.78. The van der Waals surface area contributed by atoms with Crippen molar-refractivity contribution in [3.63, 3.8) is 0 Å². The first kappa shape index (κ1) is 8.65. The van der Waals surface area contributed by atoms with Crippen LogP contribution in [-0.4, -0.2) is 26.0 Å². The maximum absolute atomic E-state index is 9.31. The number of rotatable bonds is 3. The van der Waals surface area contributed by atoms with Crippen LogP contribution in [0.4, 0.5) is 0 Å². The van der Waals surface area contributed by atoms with Crippen LogP contribution in [0.2, 0.25) is 0 Å². The zero-order chi connectivity index (χ0) is 9.42. The quantitative estimate of drug-likeness (QED) is 0.689. The fraction of sp³-hybridized carbons (Fsp3) is 0.750. The summed E-state index contributed by atoms with van der Waals surface area (Å²) in [6, 6.07) is 0.0814. The van der Waals surface area contributed by atoms with E-state index >= 15 is 0 Å². The second-order valence-corrected chi connectivity index (χ2v) is 3.59. The van der Waals surface area contributed by atoms with E-state index in [4.69, 9.17) is 5.73 Å². The molecule has 13 heavy (non-hydrogen) atoms. The average molecular weight is 182 g/mol. The fourth-order valence-corrected chi connectivity index (χ4v) is 1.34. The smallest absolute Gasteiger partial charge is 0.152 e. The summed E-state index contributed by atoms with van der Waals surface area (Å²) in [5, 5.41) is 17.0. The number of aliphatic hydroxyl groups excluding tert-OH is 1. The Morgan fingerprint density at radius 2 is 2.38 bits per heavy atom. The molecule has 0 aliphatic heterocycles. The van der Waals surface area contributed by atoms with Gasteiger partial charge in [0.05, 0.1) is 12.1 Å². The first-order chi connectivity index (χ1) is 6.20. The van der Waals surface area contributed by atoms with Crippen LogP contribution in [0.3, 0.4) is 0 Å². The van der Waals surface area contributed by atoms with Crippen molar-refractivity contribution in [2.75, 3.05) is 0 Å². The van der Waals surface area contributed by atoms with Gasteiger partial charge in [0.2, 0.25) is 0 Å². The molecule has 0 bridgehead atoms. The third-order valence-corrected chi connectivity index (χ3v) is 2.36. The standard InChI is InChI=1S/C8H14N4O/c1-5(13)7(9)8-11-10-4-12(8)6-2-3-6/h4-7,13H,2-3,9H2,1H3/t5-,7+/m1/s1. The van der Waals surface area contributed by atoms with E-state index in [1.807, 2.05) is 4.57 Å². The third-order valence-electron chi connectivity index (χ3n) is 2.36. The first-order valence-corrected chi connectivity index (χ1v) is 4.53. The van der Waals surface area contributed by atoms with Crippen molar-refractivity contribution in [1.29, 1.82) is 0 Å². The molecule has 5 nitrogen and oxygen atoms in total. The zero-order valence-electron chi connectivity index (χ0n) is 7.59.